The van der Waals surface area contributed by atoms with Crippen molar-refractivity contribution in [3.8, 4) is 0 Å². The number of hydrogen-bond donors (Lipinski definition) is 1. The Morgan fingerprint density at radius 3 is 2.36 bits per heavy atom. The highest BCUT2D eigenvalue weighted by Crippen LogP contribution is 2.27. The third-order valence-corrected chi connectivity index (χ3v) is 3.34. The van der Waals surface area contributed by atoms with Crippen molar-refractivity contribution in [2.75, 3.05) is 20.1 Å². The average molecular weight is 199 g/mol. The van der Waals surface area contributed by atoms with E-state index >= 15 is 0 Å². The largest absolute Gasteiger partial charge is 0.390 e. The highest BCUT2D eigenvalue weighted by molar-refractivity contribution is 4.84. The third-order valence-electron chi connectivity index (χ3n) is 3.34. The summed E-state index contributed by atoms with van der Waals surface area (Å²) in [5.74, 6) is 0.768. The molecule has 1 fully saturated rings. The topological polar surface area (TPSA) is 23.5 Å². The maximum absolute atomic E-state index is 10.3. The van der Waals surface area contributed by atoms with Crippen LogP contribution in [0.1, 0.15) is 46.0 Å². The van der Waals surface area contributed by atoms with Gasteiger partial charge in [0.1, 0.15) is 0 Å². The summed E-state index contributed by atoms with van der Waals surface area (Å²) < 4.78 is 0. The maximum atomic E-state index is 10.3. The molecular weight excluding hydrogens is 174 g/mol. The lowest BCUT2D eigenvalue weighted by molar-refractivity contribution is -0.0245. The van der Waals surface area contributed by atoms with Gasteiger partial charge in [-0.2, -0.15) is 0 Å². The summed E-state index contributed by atoms with van der Waals surface area (Å²) in [5, 5.41) is 10.3. The quantitative estimate of drug-likeness (QED) is 0.751. The summed E-state index contributed by atoms with van der Waals surface area (Å²) in [4.78, 5) is 2.30. The predicted octanol–water partition coefficient (Wildman–Crippen LogP) is 2.27. The van der Waals surface area contributed by atoms with E-state index < -0.39 is 0 Å². The van der Waals surface area contributed by atoms with Gasteiger partial charge in [0.2, 0.25) is 0 Å². The molecule has 0 bridgehead atoms. The van der Waals surface area contributed by atoms with Gasteiger partial charge >= 0.3 is 0 Å². The molecule has 0 atom stereocenters. The van der Waals surface area contributed by atoms with Crippen LogP contribution in [0.25, 0.3) is 0 Å². The Bertz CT molecular complexity index is 160. The third kappa shape index (κ3) is 3.97. The van der Waals surface area contributed by atoms with Crippen LogP contribution in [-0.4, -0.2) is 35.7 Å². The van der Waals surface area contributed by atoms with Gasteiger partial charge in [0.05, 0.1) is 5.60 Å². The molecule has 1 aliphatic heterocycles. The van der Waals surface area contributed by atoms with Gasteiger partial charge in [0.15, 0.2) is 0 Å². The van der Waals surface area contributed by atoms with Crippen LogP contribution in [0.4, 0.5) is 0 Å². The molecule has 1 rings (SSSR count). The summed E-state index contributed by atoms with van der Waals surface area (Å²) >= 11 is 0. The van der Waals surface area contributed by atoms with Crippen LogP contribution in [0.15, 0.2) is 0 Å². The number of hydrogen-bond acceptors (Lipinski definition) is 2. The van der Waals surface area contributed by atoms with Gasteiger partial charge in [0.25, 0.3) is 0 Å². The second kappa shape index (κ2) is 5.13. The van der Waals surface area contributed by atoms with E-state index in [2.05, 4.69) is 25.8 Å². The van der Waals surface area contributed by atoms with Crippen LogP contribution in [0.3, 0.4) is 0 Å². The van der Waals surface area contributed by atoms with Crippen molar-refractivity contribution < 1.29 is 5.11 Å². The molecule has 0 radical (unpaired) electrons. The number of nitrogens with zero attached hydrogens (tertiary/aromatic N) is 1. The lowest BCUT2D eigenvalue weighted by Gasteiger charge is -2.36. The molecule has 1 saturated heterocycles. The van der Waals surface area contributed by atoms with E-state index in [9.17, 15) is 5.11 Å². The van der Waals surface area contributed by atoms with Crippen LogP contribution < -0.4 is 0 Å². The van der Waals surface area contributed by atoms with E-state index in [1.165, 1.54) is 12.8 Å². The molecule has 0 unspecified atom stereocenters. The monoisotopic (exact) mass is 199 g/mol. The molecule has 0 aromatic carbocycles. The van der Waals surface area contributed by atoms with Gasteiger partial charge in [-0.3, -0.25) is 0 Å². The second-order valence-electron chi connectivity index (χ2n) is 5.31. The molecule has 2 nitrogen and oxygen atoms in total. The molecular formula is C12H25NO. The minimum Gasteiger partial charge on any atom is -0.390 e. The zero-order valence-corrected chi connectivity index (χ0v) is 9.92. The molecule has 0 aromatic rings. The molecule has 0 saturated carbocycles. The molecule has 0 spiro atoms. The Labute approximate surface area is 88.3 Å². The molecule has 14 heavy (non-hydrogen) atoms. The highest BCUT2D eigenvalue weighted by Gasteiger charge is 2.30. The summed E-state index contributed by atoms with van der Waals surface area (Å²) in [6, 6.07) is 0. The Morgan fingerprint density at radius 1 is 1.29 bits per heavy atom. The molecule has 0 amide bonds. The van der Waals surface area contributed by atoms with Crippen molar-refractivity contribution in [3.05, 3.63) is 0 Å². The van der Waals surface area contributed by atoms with E-state index in [1.807, 2.05) is 0 Å². The van der Waals surface area contributed by atoms with Crippen LogP contribution >= 0.6 is 0 Å². The Morgan fingerprint density at radius 2 is 1.86 bits per heavy atom. The average Bonchev–Trinajstić information content (AvgIpc) is 2.10. The van der Waals surface area contributed by atoms with Crippen molar-refractivity contribution >= 4 is 0 Å². The first kappa shape index (κ1) is 12.0. The first-order valence-electron chi connectivity index (χ1n) is 5.93. The fourth-order valence-corrected chi connectivity index (χ4v) is 2.12. The molecule has 1 heterocycles. The second-order valence-corrected chi connectivity index (χ2v) is 5.31. The van der Waals surface area contributed by atoms with Gasteiger partial charge in [-0.15, -0.1) is 0 Å². The number of aliphatic hydroxyl groups is 1. The van der Waals surface area contributed by atoms with Crippen LogP contribution in [0.5, 0.6) is 0 Å². The molecule has 1 aliphatic rings. The molecule has 1 N–H and O–H groups in total. The normalized spacial score (nSPS) is 22.9. The van der Waals surface area contributed by atoms with Gasteiger partial charge in [-0.1, -0.05) is 26.7 Å². The summed E-state index contributed by atoms with van der Waals surface area (Å²) in [6.45, 7) is 6.60. The summed E-state index contributed by atoms with van der Waals surface area (Å²) in [5.41, 5.74) is -0.346. The fraction of sp³-hybridized carbons (Fsp3) is 1.00. The number of likely N-dealkylation sites (tertiary alicyclic amines) is 1. The van der Waals surface area contributed by atoms with E-state index in [0.717, 1.165) is 38.3 Å². The van der Waals surface area contributed by atoms with Crippen molar-refractivity contribution in [3.63, 3.8) is 0 Å². The molecule has 0 aliphatic carbocycles. The van der Waals surface area contributed by atoms with Gasteiger partial charge in [-0.25, -0.2) is 0 Å². The van der Waals surface area contributed by atoms with Gasteiger partial charge in [0, 0.05) is 13.1 Å². The minimum absolute atomic E-state index is 0.346. The maximum Gasteiger partial charge on any atom is 0.0672 e. The SMILES string of the molecule is CC(C)CCCC1(O)CCN(C)CC1. The van der Waals surface area contributed by atoms with Crippen molar-refractivity contribution in [1.82, 2.24) is 4.90 Å². The van der Waals surface area contributed by atoms with Crippen LogP contribution in [0, 0.1) is 5.92 Å². The van der Waals surface area contributed by atoms with Gasteiger partial charge in [-0.05, 0) is 32.2 Å². The standard InChI is InChI=1S/C12H25NO/c1-11(2)5-4-6-12(14)7-9-13(3)10-8-12/h11,14H,4-10H2,1-3H3. The number of rotatable bonds is 4. The van der Waals surface area contributed by atoms with Gasteiger partial charge < -0.3 is 10.0 Å². The minimum atomic E-state index is -0.346. The van der Waals surface area contributed by atoms with Crippen molar-refractivity contribution in [2.24, 2.45) is 5.92 Å². The first-order chi connectivity index (χ1) is 6.52. The summed E-state index contributed by atoms with van der Waals surface area (Å²) in [7, 11) is 2.13. The lowest BCUT2D eigenvalue weighted by atomic mass is 9.86. The van der Waals surface area contributed by atoms with Crippen molar-refractivity contribution in [2.45, 2.75) is 51.6 Å². The van der Waals surface area contributed by atoms with E-state index in [0.29, 0.717) is 0 Å². The lowest BCUT2D eigenvalue weighted by Crippen LogP contribution is -2.42. The van der Waals surface area contributed by atoms with Crippen LogP contribution in [-0.2, 0) is 0 Å². The molecule has 2 heteroatoms. The smallest absolute Gasteiger partial charge is 0.0672 e. The molecule has 84 valence electrons. The zero-order valence-electron chi connectivity index (χ0n) is 9.92. The van der Waals surface area contributed by atoms with E-state index in [-0.39, 0.29) is 5.60 Å². The summed E-state index contributed by atoms with van der Waals surface area (Å²) in [6.07, 6.45) is 5.35. The predicted molar refractivity (Wildman–Crippen MR) is 60.4 cm³/mol. The van der Waals surface area contributed by atoms with Crippen molar-refractivity contribution in [1.29, 1.82) is 0 Å². The Hall–Kier alpha value is -0.0800. The highest BCUT2D eigenvalue weighted by atomic mass is 16.3. The first-order valence-corrected chi connectivity index (χ1v) is 5.93. The Balaban J connectivity index is 2.21. The van der Waals surface area contributed by atoms with E-state index in [4.69, 9.17) is 0 Å². The fourth-order valence-electron chi connectivity index (χ4n) is 2.12. The van der Waals surface area contributed by atoms with Crippen LogP contribution in [0.2, 0.25) is 0 Å². The zero-order chi connectivity index (χ0) is 10.6. The van der Waals surface area contributed by atoms with E-state index in [1.54, 1.807) is 0 Å². The number of piperidine rings is 1. The Kier molecular flexibility index (Phi) is 4.39. The molecule has 0 aromatic heterocycles.